The van der Waals surface area contributed by atoms with Gasteiger partial charge in [0.15, 0.2) is 0 Å². The molecule has 0 fully saturated rings. The summed E-state index contributed by atoms with van der Waals surface area (Å²) in [5.74, 6) is -1.33. The number of benzene rings is 3. The van der Waals surface area contributed by atoms with Crippen molar-refractivity contribution in [2.45, 2.75) is 0 Å². The first-order chi connectivity index (χ1) is 14.7. The summed E-state index contributed by atoms with van der Waals surface area (Å²) in [5, 5.41) is 13.8. The molecule has 0 spiro atoms. The molecule has 3 rings (SSSR count). The van der Waals surface area contributed by atoms with Gasteiger partial charge >= 0.3 is 0 Å². The van der Waals surface area contributed by atoms with Crippen LogP contribution in [0, 0.1) is 11.2 Å². The van der Waals surface area contributed by atoms with Gasteiger partial charge in [-0.15, -0.1) is 0 Å². The van der Waals surface area contributed by atoms with E-state index in [-0.39, 0.29) is 11.3 Å². The third-order valence-corrected chi connectivity index (χ3v) is 4.70. The Morgan fingerprint density at radius 2 is 1.48 bits per heavy atom. The number of amides is 2. The van der Waals surface area contributed by atoms with Gasteiger partial charge in [-0.1, -0.05) is 23.7 Å². The summed E-state index contributed by atoms with van der Waals surface area (Å²) in [7, 11) is 3.52. The summed E-state index contributed by atoms with van der Waals surface area (Å²) < 4.78 is 13.8. The van der Waals surface area contributed by atoms with Crippen LogP contribution >= 0.6 is 11.6 Å². The maximum Gasteiger partial charge on any atom is 0.257 e. The van der Waals surface area contributed by atoms with Gasteiger partial charge in [0.1, 0.15) is 11.7 Å². The molecular formula is C23H20ClFN4O2. The molecule has 0 saturated carbocycles. The smallest absolute Gasteiger partial charge is 0.257 e. The molecule has 0 heterocycles. The van der Waals surface area contributed by atoms with Gasteiger partial charge in [-0.2, -0.15) is 0 Å². The van der Waals surface area contributed by atoms with E-state index in [9.17, 15) is 14.0 Å². The highest BCUT2D eigenvalue weighted by Crippen LogP contribution is 2.21. The SMILES string of the molecule is CN(C)C(=N)c1ccc(C(=O)Nc2ccc(F)cc2C(=O)Nc2ccc(Cl)cc2)cc1. The number of nitrogens with one attached hydrogen (secondary N) is 3. The minimum atomic E-state index is -0.606. The van der Waals surface area contributed by atoms with Crippen molar-refractivity contribution in [2.24, 2.45) is 0 Å². The summed E-state index contributed by atoms with van der Waals surface area (Å²) in [5.41, 5.74) is 1.63. The van der Waals surface area contributed by atoms with E-state index in [0.717, 1.165) is 12.1 Å². The second-order valence-electron chi connectivity index (χ2n) is 6.93. The zero-order valence-corrected chi connectivity index (χ0v) is 17.6. The zero-order valence-electron chi connectivity index (χ0n) is 16.9. The highest BCUT2D eigenvalue weighted by molar-refractivity contribution is 6.30. The molecule has 6 nitrogen and oxygen atoms in total. The van der Waals surface area contributed by atoms with Crippen LogP contribution in [0.1, 0.15) is 26.3 Å². The molecule has 0 aromatic heterocycles. The number of nitrogens with zero attached hydrogens (tertiary/aromatic N) is 1. The number of anilines is 2. The molecule has 3 aromatic rings. The van der Waals surface area contributed by atoms with E-state index in [1.807, 2.05) is 0 Å². The second-order valence-corrected chi connectivity index (χ2v) is 7.36. The molecule has 2 amide bonds. The fourth-order valence-electron chi connectivity index (χ4n) is 2.78. The van der Waals surface area contributed by atoms with Crippen LogP contribution in [0.15, 0.2) is 66.7 Å². The molecule has 3 N–H and O–H groups in total. The van der Waals surface area contributed by atoms with Crippen LogP contribution in [0.25, 0.3) is 0 Å². The molecule has 8 heteroatoms. The van der Waals surface area contributed by atoms with Crippen molar-refractivity contribution in [3.63, 3.8) is 0 Å². The minimum absolute atomic E-state index is 0.0192. The molecule has 0 aliphatic carbocycles. The molecule has 3 aromatic carbocycles. The normalized spacial score (nSPS) is 10.3. The summed E-state index contributed by atoms with van der Waals surface area (Å²) in [6, 6.07) is 16.5. The average Bonchev–Trinajstić information content (AvgIpc) is 2.76. The van der Waals surface area contributed by atoms with E-state index in [0.29, 0.717) is 27.7 Å². The fourth-order valence-corrected chi connectivity index (χ4v) is 2.90. The summed E-state index contributed by atoms with van der Waals surface area (Å²) >= 11 is 5.85. The Hall–Kier alpha value is -3.71. The van der Waals surface area contributed by atoms with Crippen molar-refractivity contribution in [3.05, 3.63) is 94.3 Å². The van der Waals surface area contributed by atoms with Crippen LogP contribution in [0.4, 0.5) is 15.8 Å². The Morgan fingerprint density at radius 1 is 0.871 bits per heavy atom. The first kappa shape index (κ1) is 22.0. The fraction of sp³-hybridized carbons (Fsp3) is 0.0870. The summed E-state index contributed by atoms with van der Waals surface area (Å²) in [6.45, 7) is 0. The number of carbonyl (C=O) groups excluding carboxylic acids is 2. The number of rotatable bonds is 5. The van der Waals surface area contributed by atoms with E-state index >= 15 is 0 Å². The second kappa shape index (κ2) is 9.40. The lowest BCUT2D eigenvalue weighted by Gasteiger charge is -2.14. The predicted molar refractivity (Wildman–Crippen MR) is 121 cm³/mol. The third-order valence-electron chi connectivity index (χ3n) is 4.44. The van der Waals surface area contributed by atoms with Crippen molar-refractivity contribution >= 4 is 40.6 Å². The Morgan fingerprint density at radius 3 is 2.10 bits per heavy atom. The van der Waals surface area contributed by atoms with Crippen molar-refractivity contribution < 1.29 is 14.0 Å². The Kier molecular flexibility index (Phi) is 6.67. The lowest BCUT2D eigenvalue weighted by Crippen LogP contribution is -2.22. The summed E-state index contributed by atoms with van der Waals surface area (Å²) in [4.78, 5) is 27.0. The summed E-state index contributed by atoms with van der Waals surface area (Å²) in [6.07, 6.45) is 0. The van der Waals surface area contributed by atoms with Gasteiger partial charge in [0.2, 0.25) is 0 Å². The Bertz CT molecular complexity index is 1130. The number of amidine groups is 1. The van der Waals surface area contributed by atoms with Crippen LogP contribution in [-0.4, -0.2) is 36.6 Å². The number of halogens is 2. The molecule has 0 atom stereocenters. The molecule has 31 heavy (non-hydrogen) atoms. The Balaban J connectivity index is 1.80. The zero-order chi connectivity index (χ0) is 22.5. The number of hydrogen-bond donors (Lipinski definition) is 3. The first-order valence-electron chi connectivity index (χ1n) is 9.29. The van der Waals surface area contributed by atoms with Crippen LogP contribution < -0.4 is 10.6 Å². The van der Waals surface area contributed by atoms with Gasteiger partial charge in [-0.3, -0.25) is 15.0 Å². The minimum Gasteiger partial charge on any atom is -0.363 e. The van der Waals surface area contributed by atoms with Gasteiger partial charge < -0.3 is 15.5 Å². The van der Waals surface area contributed by atoms with Crippen LogP contribution in [-0.2, 0) is 0 Å². The molecule has 158 valence electrons. The maximum absolute atomic E-state index is 13.8. The lowest BCUT2D eigenvalue weighted by molar-refractivity contribution is 0.102. The van der Waals surface area contributed by atoms with E-state index < -0.39 is 17.6 Å². The van der Waals surface area contributed by atoms with Gasteiger partial charge in [-0.25, -0.2) is 4.39 Å². The topological polar surface area (TPSA) is 85.3 Å². The monoisotopic (exact) mass is 438 g/mol. The largest absolute Gasteiger partial charge is 0.363 e. The van der Waals surface area contributed by atoms with E-state index in [1.54, 1.807) is 67.5 Å². The standard InChI is InChI=1S/C23H20ClFN4O2/c1-29(2)21(26)14-3-5-15(6-4-14)22(30)28-20-12-9-17(25)13-19(20)23(31)27-18-10-7-16(24)8-11-18/h3-13,26H,1-2H3,(H,27,31)(H,28,30). The highest BCUT2D eigenvalue weighted by Gasteiger charge is 2.16. The quantitative estimate of drug-likeness (QED) is 0.392. The van der Waals surface area contributed by atoms with Crippen molar-refractivity contribution in [1.82, 2.24) is 4.90 Å². The molecule has 0 unspecified atom stereocenters. The van der Waals surface area contributed by atoms with Crippen LogP contribution in [0.2, 0.25) is 5.02 Å². The number of carbonyl (C=O) groups is 2. The molecule has 0 bridgehead atoms. The van der Waals surface area contributed by atoms with Gasteiger partial charge in [0, 0.05) is 35.9 Å². The van der Waals surface area contributed by atoms with Crippen LogP contribution in [0.3, 0.4) is 0 Å². The Labute approximate surface area is 184 Å². The molecular weight excluding hydrogens is 419 g/mol. The molecule has 0 aliphatic heterocycles. The highest BCUT2D eigenvalue weighted by atomic mass is 35.5. The first-order valence-corrected chi connectivity index (χ1v) is 9.66. The molecule has 0 aliphatic rings. The van der Waals surface area contributed by atoms with Gasteiger partial charge in [-0.05, 0) is 54.6 Å². The van der Waals surface area contributed by atoms with Crippen molar-refractivity contribution in [3.8, 4) is 0 Å². The van der Waals surface area contributed by atoms with Crippen LogP contribution in [0.5, 0.6) is 0 Å². The van der Waals surface area contributed by atoms with E-state index in [1.165, 1.54) is 6.07 Å². The van der Waals surface area contributed by atoms with Crippen molar-refractivity contribution in [2.75, 3.05) is 24.7 Å². The number of hydrogen-bond acceptors (Lipinski definition) is 3. The maximum atomic E-state index is 13.8. The average molecular weight is 439 g/mol. The molecule has 0 saturated heterocycles. The predicted octanol–water partition coefficient (Wildman–Crippen LogP) is 4.87. The van der Waals surface area contributed by atoms with Gasteiger partial charge in [0.05, 0.1) is 11.3 Å². The molecule has 0 radical (unpaired) electrons. The third kappa shape index (κ3) is 5.46. The van der Waals surface area contributed by atoms with E-state index in [4.69, 9.17) is 17.0 Å². The van der Waals surface area contributed by atoms with Gasteiger partial charge in [0.25, 0.3) is 11.8 Å². The van der Waals surface area contributed by atoms with E-state index in [2.05, 4.69) is 10.6 Å². The van der Waals surface area contributed by atoms with Crippen molar-refractivity contribution in [1.29, 1.82) is 5.41 Å². The lowest BCUT2D eigenvalue weighted by atomic mass is 10.1.